The zero-order chi connectivity index (χ0) is 33.1. The molecule has 1 saturated heterocycles. The van der Waals surface area contributed by atoms with Crippen LogP contribution in [0.1, 0.15) is 47.0 Å². The van der Waals surface area contributed by atoms with Gasteiger partial charge in [0.1, 0.15) is 35.1 Å². The van der Waals surface area contributed by atoms with Gasteiger partial charge in [0, 0.05) is 36.9 Å². The normalized spacial score (nSPS) is 27.4. The van der Waals surface area contributed by atoms with E-state index >= 15 is 0 Å². The lowest BCUT2D eigenvalue weighted by atomic mass is 10.1. The number of amides is 3. The van der Waals surface area contributed by atoms with Crippen molar-refractivity contribution in [2.24, 2.45) is 5.92 Å². The van der Waals surface area contributed by atoms with E-state index in [9.17, 15) is 19.2 Å². The highest BCUT2D eigenvalue weighted by Gasteiger charge is 2.62. The van der Waals surface area contributed by atoms with E-state index in [1.54, 1.807) is 53.1 Å². The number of esters is 1. The predicted octanol–water partition coefficient (Wildman–Crippen LogP) is 2.90. The smallest absolute Gasteiger partial charge is 0.408 e. The van der Waals surface area contributed by atoms with Crippen LogP contribution in [-0.4, -0.2) is 96.6 Å². The molecule has 1 saturated carbocycles. The first-order valence-corrected chi connectivity index (χ1v) is 15.6. The molecule has 5 atom stereocenters. The number of alkyl carbamates (subject to hydrolysis) is 1. The number of nitrogens with one attached hydrogen (secondary N) is 2. The first kappa shape index (κ1) is 33.0. The lowest BCUT2D eigenvalue weighted by molar-refractivity contribution is -0.150. The highest BCUT2D eigenvalue weighted by atomic mass is 16.6. The summed E-state index contributed by atoms with van der Waals surface area (Å²) in [5.41, 5.74) is -2.03. The number of hydrogen-bond acceptors (Lipinski definition) is 10. The quantitative estimate of drug-likeness (QED) is 0.357. The number of rotatable bonds is 6. The molecule has 5 rings (SSSR count). The molecule has 1 aromatic heterocycles. The number of carbonyl (C=O) groups is 4. The molecule has 13 heteroatoms. The molecule has 0 radical (unpaired) electrons. The molecule has 0 spiro atoms. The fraction of sp³-hybridized carbons (Fsp3) is 0.545. The molecular formula is C33H42N4O9. The van der Waals surface area contributed by atoms with E-state index in [0.29, 0.717) is 18.1 Å². The number of methoxy groups -OCH3 is 1. The Labute approximate surface area is 267 Å². The minimum absolute atomic E-state index is 0.0359. The van der Waals surface area contributed by atoms with E-state index in [0.717, 1.165) is 10.8 Å². The van der Waals surface area contributed by atoms with Gasteiger partial charge in [-0.2, -0.15) is 0 Å². The van der Waals surface area contributed by atoms with Crippen molar-refractivity contribution in [1.29, 1.82) is 0 Å². The second-order valence-corrected chi connectivity index (χ2v) is 12.7. The van der Waals surface area contributed by atoms with Crippen molar-refractivity contribution in [3.05, 3.63) is 42.6 Å². The Morgan fingerprint density at radius 3 is 2.76 bits per heavy atom. The summed E-state index contributed by atoms with van der Waals surface area (Å²) < 4.78 is 28.2. The first-order chi connectivity index (χ1) is 21.9. The van der Waals surface area contributed by atoms with E-state index in [2.05, 4.69) is 15.6 Å². The average Bonchev–Trinajstić information content (AvgIpc) is 3.53. The standard InChI is InChI=1S/C33H42N4O9/c1-6-44-30(40)33-18-21(33)8-7-14-43-15-12-25(35-31(41)46-32(2,3)4)29(39)37-19-23(17-26(37)27(38)36-33)45-28-24-10-9-22(42-5)16-20(24)11-13-34-28/h7-11,13,16,21,23,25-26H,6,12,14-15,17-19H2,1-5H3,(H,35,41)(H,36,38)/b8-7-/t21-,23-,25+,26+,33-/m1/s1. The Balaban J connectivity index is 1.45. The van der Waals surface area contributed by atoms with Gasteiger partial charge in [-0.3, -0.25) is 9.59 Å². The Morgan fingerprint density at radius 1 is 1.22 bits per heavy atom. The van der Waals surface area contributed by atoms with Gasteiger partial charge in [0.05, 0.1) is 26.9 Å². The largest absolute Gasteiger partial charge is 0.497 e. The van der Waals surface area contributed by atoms with Gasteiger partial charge in [0.2, 0.25) is 17.7 Å². The van der Waals surface area contributed by atoms with Crippen molar-refractivity contribution >= 4 is 34.6 Å². The number of hydrogen-bond donors (Lipinski definition) is 2. The van der Waals surface area contributed by atoms with Crippen LogP contribution in [0.4, 0.5) is 4.79 Å². The van der Waals surface area contributed by atoms with Gasteiger partial charge in [-0.15, -0.1) is 0 Å². The number of benzene rings is 1. The van der Waals surface area contributed by atoms with Gasteiger partial charge >= 0.3 is 12.1 Å². The zero-order valence-corrected chi connectivity index (χ0v) is 26.9. The predicted molar refractivity (Wildman–Crippen MR) is 166 cm³/mol. The Morgan fingerprint density at radius 2 is 2.02 bits per heavy atom. The van der Waals surface area contributed by atoms with Gasteiger partial charge in [-0.25, -0.2) is 14.6 Å². The highest BCUT2D eigenvalue weighted by Crippen LogP contribution is 2.46. The van der Waals surface area contributed by atoms with Crippen LogP contribution in [0.15, 0.2) is 42.6 Å². The van der Waals surface area contributed by atoms with Crippen LogP contribution >= 0.6 is 0 Å². The van der Waals surface area contributed by atoms with E-state index < -0.39 is 53.2 Å². The summed E-state index contributed by atoms with van der Waals surface area (Å²) in [5.74, 6) is -0.798. The summed E-state index contributed by atoms with van der Waals surface area (Å²) in [6, 6.07) is 5.28. The second kappa shape index (κ2) is 13.5. The average molecular weight is 639 g/mol. The molecule has 2 fully saturated rings. The molecule has 3 amide bonds. The first-order valence-electron chi connectivity index (χ1n) is 15.6. The summed E-state index contributed by atoms with van der Waals surface area (Å²) >= 11 is 0. The van der Waals surface area contributed by atoms with Gasteiger partial charge in [0.25, 0.3) is 0 Å². The van der Waals surface area contributed by atoms with E-state index in [-0.39, 0.29) is 45.1 Å². The van der Waals surface area contributed by atoms with Crippen molar-refractivity contribution < 1.29 is 42.9 Å². The molecule has 13 nitrogen and oxygen atoms in total. The summed E-state index contributed by atoms with van der Waals surface area (Å²) in [4.78, 5) is 59.8. The molecule has 0 unspecified atom stereocenters. The van der Waals surface area contributed by atoms with Crippen molar-refractivity contribution in [3.63, 3.8) is 0 Å². The SMILES string of the molecule is CCOC(=O)[C@@]12C[C@H]1/C=C\COCC[C@H](NC(=O)OC(C)(C)C)C(=O)N1C[C@H](Oc3nccc4cc(OC)ccc34)C[C@H]1C(=O)N2. The number of carbonyl (C=O) groups excluding carboxylic acids is 4. The van der Waals surface area contributed by atoms with Gasteiger partial charge < -0.3 is 39.2 Å². The second-order valence-electron chi connectivity index (χ2n) is 12.7. The maximum absolute atomic E-state index is 14.2. The van der Waals surface area contributed by atoms with Gasteiger partial charge in [-0.1, -0.05) is 12.2 Å². The van der Waals surface area contributed by atoms with Crippen LogP contribution in [0.3, 0.4) is 0 Å². The molecule has 2 aromatic rings. The number of ether oxygens (including phenoxy) is 5. The minimum Gasteiger partial charge on any atom is -0.497 e. The molecule has 2 N–H and O–H groups in total. The molecule has 1 aliphatic carbocycles. The minimum atomic E-state index is -1.24. The summed E-state index contributed by atoms with van der Waals surface area (Å²) in [6.45, 7) is 7.44. The van der Waals surface area contributed by atoms with Crippen LogP contribution in [-0.2, 0) is 28.6 Å². The van der Waals surface area contributed by atoms with Crippen LogP contribution < -0.4 is 20.1 Å². The van der Waals surface area contributed by atoms with Gasteiger partial charge in [0.15, 0.2) is 0 Å². The fourth-order valence-corrected chi connectivity index (χ4v) is 5.87. The van der Waals surface area contributed by atoms with Crippen molar-refractivity contribution in [3.8, 4) is 11.6 Å². The van der Waals surface area contributed by atoms with Gasteiger partial charge in [-0.05, 0) is 63.8 Å². The van der Waals surface area contributed by atoms with Crippen molar-refractivity contribution in [1.82, 2.24) is 20.5 Å². The van der Waals surface area contributed by atoms with Crippen LogP contribution in [0.25, 0.3) is 10.8 Å². The topological polar surface area (TPSA) is 155 Å². The van der Waals surface area contributed by atoms with E-state index in [4.69, 9.17) is 23.7 Å². The Bertz CT molecular complexity index is 1510. The fourth-order valence-electron chi connectivity index (χ4n) is 5.87. The Kier molecular flexibility index (Phi) is 9.71. The third-order valence-corrected chi connectivity index (χ3v) is 8.18. The molecule has 2 aliphatic heterocycles. The lowest BCUT2D eigenvalue weighted by Crippen LogP contribution is -2.57. The molecular weight excluding hydrogens is 596 g/mol. The monoisotopic (exact) mass is 638 g/mol. The molecule has 1 aromatic carbocycles. The maximum atomic E-state index is 14.2. The molecule has 3 aliphatic rings. The summed E-state index contributed by atoms with van der Waals surface area (Å²) in [7, 11) is 1.59. The molecule has 0 bridgehead atoms. The number of nitrogens with zero attached hydrogens (tertiary/aromatic N) is 2. The van der Waals surface area contributed by atoms with E-state index in [1.165, 1.54) is 4.90 Å². The summed E-state index contributed by atoms with van der Waals surface area (Å²) in [6.07, 6.45) is 4.47. The number of aromatic nitrogens is 1. The zero-order valence-electron chi connectivity index (χ0n) is 26.9. The molecule has 3 heterocycles. The third kappa shape index (κ3) is 7.35. The van der Waals surface area contributed by atoms with Crippen LogP contribution in [0.2, 0.25) is 0 Å². The number of pyridine rings is 1. The van der Waals surface area contributed by atoms with Crippen molar-refractivity contribution in [2.75, 3.05) is 33.5 Å². The maximum Gasteiger partial charge on any atom is 0.408 e. The summed E-state index contributed by atoms with van der Waals surface area (Å²) in [5, 5.41) is 7.17. The van der Waals surface area contributed by atoms with Crippen LogP contribution in [0, 0.1) is 5.92 Å². The van der Waals surface area contributed by atoms with Crippen LogP contribution in [0.5, 0.6) is 11.6 Å². The Hall–Kier alpha value is -4.39. The molecule has 248 valence electrons. The highest BCUT2D eigenvalue weighted by molar-refractivity contribution is 5.96. The third-order valence-electron chi connectivity index (χ3n) is 8.18. The lowest BCUT2D eigenvalue weighted by Gasteiger charge is -2.30. The van der Waals surface area contributed by atoms with E-state index in [1.807, 2.05) is 24.3 Å². The number of fused-ring (bicyclic) bond motifs is 3. The molecule has 46 heavy (non-hydrogen) atoms. The van der Waals surface area contributed by atoms with Crippen molar-refractivity contribution in [2.45, 2.75) is 76.3 Å².